The average Bonchev–Trinajstić information content (AvgIpc) is 2.89. The lowest BCUT2D eigenvalue weighted by Gasteiger charge is -2.28. The summed E-state index contributed by atoms with van der Waals surface area (Å²) in [5, 5.41) is 10.9. The number of phenolic OH excluding ortho intramolecular Hbond substituents is 1. The van der Waals surface area contributed by atoms with E-state index in [-0.39, 0.29) is 16.6 Å². The highest BCUT2D eigenvalue weighted by Crippen LogP contribution is 2.40. The van der Waals surface area contributed by atoms with Gasteiger partial charge in [0.2, 0.25) is 0 Å². The summed E-state index contributed by atoms with van der Waals surface area (Å²) in [5.74, 6) is -0.932. The van der Waals surface area contributed by atoms with Gasteiger partial charge >= 0.3 is 5.97 Å². The molecule has 0 heterocycles. The number of sulfone groups is 1. The van der Waals surface area contributed by atoms with Gasteiger partial charge in [-0.25, -0.2) is 8.42 Å². The van der Waals surface area contributed by atoms with Crippen LogP contribution in [0.5, 0.6) is 5.75 Å². The Kier molecular flexibility index (Phi) is 18.8. The SMILES string of the molecule is CCCCCCCCCCCCCCCCCCOC(=O)CS(=O)(=O)CCCc1cc(C(C)(C)C)c(O)c(C(C)(C)C)c1. The van der Waals surface area contributed by atoms with Gasteiger partial charge in [0.1, 0.15) is 11.5 Å². The molecule has 0 spiro atoms. The highest BCUT2D eigenvalue weighted by atomic mass is 32.2. The fraction of sp³-hybridized carbons (Fsp3) is 0.811. The molecule has 0 aromatic heterocycles. The predicted molar refractivity (Wildman–Crippen MR) is 183 cm³/mol. The lowest BCUT2D eigenvalue weighted by Crippen LogP contribution is -2.22. The molecule has 0 saturated carbocycles. The number of carbonyl (C=O) groups is 1. The summed E-state index contributed by atoms with van der Waals surface area (Å²) in [6.45, 7) is 14.9. The number of hydrogen-bond acceptors (Lipinski definition) is 5. The van der Waals surface area contributed by atoms with Crippen LogP contribution in [0.1, 0.15) is 174 Å². The number of ether oxygens (including phenoxy) is 1. The van der Waals surface area contributed by atoms with E-state index in [0.717, 1.165) is 36.0 Å². The van der Waals surface area contributed by atoms with Crippen LogP contribution in [0, 0.1) is 0 Å². The number of aryl methyl sites for hydroxylation is 1. The van der Waals surface area contributed by atoms with Crippen molar-refractivity contribution >= 4 is 15.8 Å². The van der Waals surface area contributed by atoms with Gasteiger partial charge in [0.25, 0.3) is 0 Å². The molecule has 1 aromatic rings. The molecule has 1 rings (SSSR count). The highest BCUT2D eigenvalue weighted by molar-refractivity contribution is 7.92. The highest BCUT2D eigenvalue weighted by Gasteiger charge is 2.26. The van der Waals surface area contributed by atoms with E-state index < -0.39 is 21.6 Å². The number of rotatable bonds is 23. The Morgan fingerprint density at radius 1 is 0.674 bits per heavy atom. The molecule has 0 aliphatic carbocycles. The fourth-order valence-electron chi connectivity index (χ4n) is 5.61. The third-order valence-corrected chi connectivity index (χ3v) is 9.89. The maximum Gasteiger partial charge on any atom is 0.321 e. The minimum atomic E-state index is -3.53. The molecular weight excluding hydrogens is 556 g/mol. The summed E-state index contributed by atoms with van der Waals surface area (Å²) >= 11 is 0. The maximum atomic E-state index is 12.6. The van der Waals surface area contributed by atoms with Crippen molar-refractivity contribution < 1.29 is 23.1 Å². The topological polar surface area (TPSA) is 80.7 Å². The minimum Gasteiger partial charge on any atom is -0.507 e. The van der Waals surface area contributed by atoms with E-state index in [1.165, 1.54) is 83.5 Å². The Labute approximate surface area is 265 Å². The van der Waals surface area contributed by atoms with Crippen LogP contribution in [0.3, 0.4) is 0 Å². The average molecular weight is 623 g/mol. The molecule has 43 heavy (non-hydrogen) atoms. The van der Waals surface area contributed by atoms with Crippen LogP contribution >= 0.6 is 0 Å². The first-order valence-electron chi connectivity index (χ1n) is 17.4. The van der Waals surface area contributed by atoms with Crippen molar-refractivity contribution in [2.24, 2.45) is 0 Å². The van der Waals surface area contributed by atoms with Crippen LogP contribution in [0.15, 0.2) is 12.1 Å². The second-order valence-corrected chi connectivity index (χ2v) is 16.9. The van der Waals surface area contributed by atoms with E-state index in [2.05, 4.69) is 48.5 Å². The Bertz CT molecular complexity index is 979. The van der Waals surface area contributed by atoms with Crippen LogP contribution in [0.2, 0.25) is 0 Å². The van der Waals surface area contributed by atoms with E-state index in [1.54, 1.807) is 0 Å². The second-order valence-electron chi connectivity index (χ2n) is 14.8. The number of benzene rings is 1. The first kappa shape index (κ1) is 39.5. The van der Waals surface area contributed by atoms with Gasteiger partial charge in [0.05, 0.1) is 12.4 Å². The smallest absolute Gasteiger partial charge is 0.321 e. The molecule has 5 nitrogen and oxygen atoms in total. The maximum absolute atomic E-state index is 12.6. The normalized spacial score (nSPS) is 12.5. The first-order chi connectivity index (χ1) is 20.2. The quantitative estimate of drug-likeness (QED) is 0.0970. The summed E-state index contributed by atoms with van der Waals surface area (Å²) in [5.41, 5.74) is 2.28. The van der Waals surface area contributed by atoms with Gasteiger partial charge in [-0.15, -0.1) is 0 Å². The van der Waals surface area contributed by atoms with Crippen LogP contribution < -0.4 is 0 Å². The van der Waals surface area contributed by atoms with E-state index in [4.69, 9.17) is 4.74 Å². The number of phenols is 1. The molecule has 1 N–H and O–H groups in total. The summed E-state index contributed by atoms with van der Waals surface area (Å²) in [6.07, 6.45) is 21.5. The van der Waals surface area contributed by atoms with Crippen LogP contribution in [-0.4, -0.2) is 37.6 Å². The molecular formula is C37H66O5S. The molecule has 0 fully saturated rings. The molecule has 0 amide bonds. The Hall–Kier alpha value is -1.56. The van der Waals surface area contributed by atoms with Crippen molar-refractivity contribution in [1.82, 2.24) is 0 Å². The van der Waals surface area contributed by atoms with Gasteiger partial charge in [-0.2, -0.15) is 0 Å². The van der Waals surface area contributed by atoms with E-state index >= 15 is 0 Å². The Balaban J connectivity index is 2.20. The fourth-order valence-corrected chi connectivity index (χ4v) is 6.78. The summed E-state index contributed by atoms with van der Waals surface area (Å²) in [6, 6.07) is 3.98. The number of esters is 1. The molecule has 0 saturated heterocycles. The molecule has 1 aromatic carbocycles. The summed E-state index contributed by atoms with van der Waals surface area (Å²) < 4.78 is 30.4. The zero-order valence-corrected chi connectivity index (χ0v) is 29.8. The van der Waals surface area contributed by atoms with E-state index in [9.17, 15) is 18.3 Å². The molecule has 6 heteroatoms. The minimum absolute atomic E-state index is 0.0578. The number of unbranched alkanes of at least 4 members (excludes halogenated alkanes) is 15. The van der Waals surface area contributed by atoms with Crippen LogP contribution in [0.25, 0.3) is 0 Å². The van der Waals surface area contributed by atoms with Crippen molar-refractivity contribution in [1.29, 1.82) is 0 Å². The van der Waals surface area contributed by atoms with Crippen LogP contribution in [0.4, 0.5) is 0 Å². The molecule has 0 unspecified atom stereocenters. The lowest BCUT2D eigenvalue weighted by atomic mass is 9.78. The van der Waals surface area contributed by atoms with Crippen molar-refractivity contribution in [2.45, 2.75) is 175 Å². The van der Waals surface area contributed by atoms with Crippen molar-refractivity contribution in [3.05, 3.63) is 28.8 Å². The summed E-state index contributed by atoms with van der Waals surface area (Å²) in [7, 11) is -3.53. The molecule has 0 atom stereocenters. The number of aromatic hydroxyl groups is 1. The van der Waals surface area contributed by atoms with E-state index in [0.29, 0.717) is 25.2 Å². The molecule has 250 valence electrons. The van der Waals surface area contributed by atoms with Crippen LogP contribution in [-0.2, 0) is 36.6 Å². The molecule has 0 aliphatic heterocycles. The Morgan fingerprint density at radius 3 is 1.47 bits per heavy atom. The summed E-state index contributed by atoms with van der Waals surface area (Å²) in [4.78, 5) is 12.2. The number of hydrogen-bond donors (Lipinski definition) is 1. The zero-order valence-electron chi connectivity index (χ0n) is 29.0. The van der Waals surface area contributed by atoms with Crippen molar-refractivity contribution in [3.63, 3.8) is 0 Å². The van der Waals surface area contributed by atoms with Gasteiger partial charge in [-0.05, 0) is 46.8 Å². The predicted octanol–water partition coefficient (Wildman–Crippen LogP) is 10.1. The van der Waals surface area contributed by atoms with Gasteiger partial charge in [0, 0.05) is 0 Å². The lowest BCUT2D eigenvalue weighted by molar-refractivity contribution is -0.140. The molecule has 0 bridgehead atoms. The molecule has 0 aliphatic rings. The van der Waals surface area contributed by atoms with Crippen molar-refractivity contribution in [3.8, 4) is 5.75 Å². The Morgan fingerprint density at radius 2 is 1.07 bits per heavy atom. The van der Waals surface area contributed by atoms with Gasteiger partial charge in [-0.1, -0.05) is 157 Å². The third-order valence-electron chi connectivity index (χ3n) is 8.31. The molecule has 0 radical (unpaired) electrons. The standard InChI is InChI=1S/C37H66O5S/c1-8-9-10-11-12-13-14-15-16-17-18-19-20-21-22-23-26-42-34(38)30-43(40,41)27-24-25-31-28-32(36(2,3)4)35(39)33(29-31)37(5,6)7/h28-29,39H,8-27,30H2,1-7H3. The zero-order chi connectivity index (χ0) is 32.4. The monoisotopic (exact) mass is 622 g/mol. The van der Waals surface area contributed by atoms with Gasteiger partial charge in [0.15, 0.2) is 9.84 Å². The first-order valence-corrected chi connectivity index (χ1v) is 19.2. The van der Waals surface area contributed by atoms with Gasteiger partial charge in [-0.3, -0.25) is 4.79 Å². The number of carbonyl (C=O) groups excluding carboxylic acids is 1. The third kappa shape index (κ3) is 18.1. The largest absolute Gasteiger partial charge is 0.507 e. The second kappa shape index (κ2) is 20.5. The van der Waals surface area contributed by atoms with Crippen molar-refractivity contribution in [2.75, 3.05) is 18.1 Å². The van der Waals surface area contributed by atoms with E-state index in [1.807, 2.05) is 12.1 Å². The van der Waals surface area contributed by atoms with Gasteiger partial charge < -0.3 is 9.84 Å².